The Hall–Kier alpha value is -2.13. The molecule has 3 aromatic heterocycles. The van der Waals surface area contributed by atoms with Crippen molar-refractivity contribution in [3.8, 4) is 17.5 Å². The first-order chi connectivity index (χ1) is 8.86. The lowest BCUT2D eigenvalue weighted by Crippen LogP contribution is -1.91. The first-order valence-corrected chi connectivity index (χ1v) is 6.52. The molecule has 0 aliphatic heterocycles. The average Bonchev–Trinajstić information content (AvgIpc) is 2.83. The fraction of sp³-hybridized carbons (Fsp3) is 0.250. The summed E-state index contributed by atoms with van der Waals surface area (Å²) >= 11 is 1.56. The van der Waals surface area contributed by atoms with Crippen LogP contribution in [-0.2, 0) is 0 Å². The van der Waals surface area contributed by atoms with Crippen molar-refractivity contribution >= 4 is 16.3 Å². The van der Waals surface area contributed by atoms with E-state index in [0.29, 0.717) is 23.1 Å². The molecule has 18 heavy (non-hydrogen) atoms. The second-order valence-corrected chi connectivity index (χ2v) is 5.29. The lowest BCUT2D eigenvalue weighted by Gasteiger charge is -1.91. The van der Waals surface area contributed by atoms with Crippen LogP contribution in [0.2, 0.25) is 0 Å². The van der Waals surface area contributed by atoms with E-state index >= 15 is 0 Å². The molecule has 1 saturated carbocycles. The largest absolute Gasteiger partial charge is 0.463 e. The first kappa shape index (κ1) is 9.85. The molecule has 0 aromatic carbocycles. The van der Waals surface area contributed by atoms with Crippen LogP contribution in [0.15, 0.2) is 22.8 Å². The standard InChI is InChI=1S/C12H8N4OS/c13-6-8-10(9-2-1-5-17-9)14-12-16(8)15-11(18-12)7-3-4-7/h1-2,5,7H,3-4H2. The number of nitrogens with zero attached hydrogens (tertiary/aromatic N) is 4. The van der Waals surface area contributed by atoms with Crippen molar-refractivity contribution in [2.75, 3.05) is 0 Å². The molecule has 1 aliphatic rings. The number of furan rings is 1. The van der Waals surface area contributed by atoms with E-state index in [0.717, 1.165) is 9.97 Å². The zero-order chi connectivity index (χ0) is 12.1. The van der Waals surface area contributed by atoms with Crippen LogP contribution in [-0.4, -0.2) is 14.6 Å². The number of nitriles is 1. The summed E-state index contributed by atoms with van der Waals surface area (Å²) in [5.74, 6) is 1.19. The molecular formula is C12H8N4OS. The Labute approximate surface area is 106 Å². The van der Waals surface area contributed by atoms with Gasteiger partial charge in [-0.25, -0.2) is 4.98 Å². The zero-order valence-corrected chi connectivity index (χ0v) is 10.1. The number of fused-ring (bicyclic) bond motifs is 1. The SMILES string of the molecule is N#Cc1c(-c2ccco2)nc2sc(C3CC3)nn12. The van der Waals surface area contributed by atoms with E-state index in [2.05, 4.69) is 16.2 Å². The van der Waals surface area contributed by atoms with Crippen molar-refractivity contribution in [3.63, 3.8) is 0 Å². The number of rotatable bonds is 2. The fourth-order valence-electron chi connectivity index (χ4n) is 1.94. The lowest BCUT2D eigenvalue weighted by molar-refractivity contribution is 0.580. The van der Waals surface area contributed by atoms with Crippen LogP contribution in [0.3, 0.4) is 0 Å². The minimum absolute atomic E-state index is 0.447. The number of imidazole rings is 1. The fourth-order valence-corrected chi connectivity index (χ4v) is 3.01. The van der Waals surface area contributed by atoms with Gasteiger partial charge in [-0.2, -0.15) is 14.9 Å². The minimum atomic E-state index is 0.447. The summed E-state index contributed by atoms with van der Waals surface area (Å²) < 4.78 is 6.94. The molecule has 1 fully saturated rings. The van der Waals surface area contributed by atoms with Crippen LogP contribution in [0.4, 0.5) is 0 Å². The summed E-state index contributed by atoms with van der Waals surface area (Å²) in [5.41, 5.74) is 1.02. The van der Waals surface area contributed by atoms with Gasteiger partial charge in [-0.15, -0.1) is 0 Å². The summed E-state index contributed by atoms with van der Waals surface area (Å²) in [6, 6.07) is 5.75. The van der Waals surface area contributed by atoms with Crippen molar-refractivity contribution in [3.05, 3.63) is 29.1 Å². The van der Waals surface area contributed by atoms with Gasteiger partial charge in [0.15, 0.2) is 11.5 Å². The maximum atomic E-state index is 9.28. The second-order valence-electron chi connectivity index (χ2n) is 4.31. The highest BCUT2D eigenvalue weighted by Gasteiger charge is 2.29. The van der Waals surface area contributed by atoms with Crippen LogP contribution in [0.1, 0.15) is 29.5 Å². The second kappa shape index (κ2) is 3.43. The summed E-state index contributed by atoms with van der Waals surface area (Å²) in [4.78, 5) is 5.22. The monoisotopic (exact) mass is 256 g/mol. The van der Waals surface area contributed by atoms with Crippen molar-refractivity contribution < 1.29 is 4.42 Å². The Kier molecular flexibility index (Phi) is 1.88. The first-order valence-electron chi connectivity index (χ1n) is 5.70. The van der Waals surface area contributed by atoms with Gasteiger partial charge in [0.1, 0.15) is 16.8 Å². The highest BCUT2D eigenvalue weighted by molar-refractivity contribution is 7.16. The van der Waals surface area contributed by atoms with Gasteiger partial charge in [0, 0.05) is 5.92 Å². The molecule has 1 aliphatic carbocycles. The summed E-state index contributed by atoms with van der Waals surface area (Å²) in [7, 11) is 0. The average molecular weight is 256 g/mol. The summed E-state index contributed by atoms with van der Waals surface area (Å²) in [5, 5.41) is 14.8. The van der Waals surface area contributed by atoms with Crippen LogP contribution in [0.25, 0.3) is 16.4 Å². The molecule has 0 saturated heterocycles. The highest BCUT2D eigenvalue weighted by atomic mass is 32.1. The highest BCUT2D eigenvalue weighted by Crippen LogP contribution is 2.42. The van der Waals surface area contributed by atoms with E-state index in [1.165, 1.54) is 12.8 Å². The van der Waals surface area contributed by atoms with E-state index in [-0.39, 0.29) is 0 Å². The molecule has 0 unspecified atom stereocenters. The molecule has 0 bridgehead atoms. The van der Waals surface area contributed by atoms with Gasteiger partial charge in [-0.3, -0.25) is 0 Å². The predicted molar refractivity (Wildman–Crippen MR) is 65.3 cm³/mol. The van der Waals surface area contributed by atoms with Crippen LogP contribution in [0, 0.1) is 11.3 Å². The number of hydrogen-bond acceptors (Lipinski definition) is 5. The molecule has 88 valence electrons. The maximum absolute atomic E-state index is 9.28. The third kappa shape index (κ3) is 1.31. The topological polar surface area (TPSA) is 67.1 Å². The van der Waals surface area contributed by atoms with E-state index in [1.54, 1.807) is 34.2 Å². The molecule has 3 heterocycles. The molecule has 3 aromatic rings. The van der Waals surface area contributed by atoms with Crippen molar-refractivity contribution in [1.82, 2.24) is 14.6 Å². The Morgan fingerprint density at radius 1 is 1.50 bits per heavy atom. The van der Waals surface area contributed by atoms with Crippen LogP contribution in [0.5, 0.6) is 0 Å². The van der Waals surface area contributed by atoms with Crippen molar-refractivity contribution in [2.24, 2.45) is 0 Å². The van der Waals surface area contributed by atoms with Gasteiger partial charge in [-0.1, -0.05) is 11.3 Å². The van der Waals surface area contributed by atoms with E-state index in [1.807, 2.05) is 0 Å². The van der Waals surface area contributed by atoms with Crippen LogP contribution >= 0.6 is 11.3 Å². The van der Waals surface area contributed by atoms with E-state index in [4.69, 9.17) is 4.42 Å². The number of hydrogen-bond donors (Lipinski definition) is 0. The molecule has 5 nitrogen and oxygen atoms in total. The molecular weight excluding hydrogens is 248 g/mol. The summed E-state index contributed by atoms with van der Waals surface area (Å²) in [6.07, 6.45) is 3.97. The normalized spacial score (nSPS) is 15.1. The van der Waals surface area contributed by atoms with Gasteiger partial charge < -0.3 is 4.42 Å². The van der Waals surface area contributed by atoms with E-state index in [9.17, 15) is 5.26 Å². The molecule has 0 spiro atoms. The molecule has 0 atom stereocenters. The van der Waals surface area contributed by atoms with E-state index < -0.39 is 0 Å². The molecule has 4 rings (SSSR count). The minimum Gasteiger partial charge on any atom is -0.463 e. The third-order valence-corrected chi connectivity index (χ3v) is 4.08. The molecule has 0 radical (unpaired) electrons. The van der Waals surface area contributed by atoms with Gasteiger partial charge in [0.2, 0.25) is 4.96 Å². The smallest absolute Gasteiger partial charge is 0.214 e. The van der Waals surface area contributed by atoms with Crippen molar-refractivity contribution in [2.45, 2.75) is 18.8 Å². The van der Waals surface area contributed by atoms with Gasteiger partial charge in [-0.05, 0) is 25.0 Å². The lowest BCUT2D eigenvalue weighted by atomic mass is 10.3. The third-order valence-electron chi connectivity index (χ3n) is 3.01. The Balaban J connectivity index is 1.94. The maximum Gasteiger partial charge on any atom is 0.214 e. The Morgan fingerprint density at radius 2 is 2.39 bits per heavy atom. The molecule has 0 N–H and O–H groups in total. The van der Waals surface area contributed by atoms with Gasteiger partial charge >= 0.3 is 0 Å². The molecule has 6 heteroatoms. The molecule has 0 amide bonds. The Bertz CT molecular complexity index is 758. The van der Waals surface area contributed by atoms with Gasteiger partial charge in [0.25, 0.3) is 0 Å². The zero-order valence-electron chi connectivity index (χ0n) is 9.33. The Morgan fingerprint density at radius 3 is 3.06 bits per heavy atom. The van der Waals surface area contributed by atoms with Crippen molar-refractivity contribution in [1.29, 1.82) is 5.26 Å². The van der Waals surface area contributed by atoms with Crippen LogP contribution < -0.4 is 0 Å². The number of aromatic nitrogens is 3. The quantitative estimate of drug-likeness (QED) is 0.707. The van der Waals surface area contributed by atoms with Gasteiger partial charge in [0.05, 0.1) is 6.26 Å². The summed E-state index contributed by atoms with van der Waals surface area (Å²) in [6.45, 7) is 0. The predicted octanol–water partition coefficient (Wildman–Crippen LogP) is 2.80.